The first-order chi connectivity index (χ1) is 11.7. The number of carbonyl (C=O) groups excluding carboxylic acids is 1. The third-order valence-corrected chi connectivity index (χ3v) is 3.10. The molecule has 0 unspecified atom stereocenters. The van der Waals surface area contributed by atoms with Gasteiger partial charge in [0, 0.05) is 0 Å². The zero-order chi connectivity index (χ0) is 17.2. The van der Waals surface area contributed by atoms with Crippen LogP contribution >= 0.6 is 0 Å². The van der Waals surface area contributed by atoms with Crippen LogP contribution in [-0.4, -0.2) is 25.3 Å². The molecule has 2 aromatic carbocycles. The first-order valence-corrected chi connectivity index (χ1v) is 7.51. The topological polar surface area (TPSA) is 59.9 Å². The van der Waals surface area contributed by atoms with Crippen molar-refractivity contribution in [3.05, 3.63) is 66.2 Å². The Kier molecular flexibility index (Phi) is 6.58. The minimum atomic E-state index is -0.339. The van der Waals surface area contributed by atoms with Crippen molar-refractivity contribution in [2.24, 2.45) is 5.10 Å². The molecule has 124 valence electrons. The Morgan fingerprint density at radius 3 is 2.46 bits per heavy atom. The van der Waals surface area contributed by atoms with Gasteiger partial charge in [0.2, 0.25) is 0 Å². The van der Waals surface area contributed by atoms with Gasteiger partial charge in [-0.25, -0.2) is 5.43 Å². The van der Waals surface area contributed by atoms with Crippen LogP contribution in [0.5, 0.6) is 11.5 Å². The fourth-order valence-corrected chi connectivity index (χ4v) is 1.88. The Labute approximate surface area is 141 Å². The van der Waals surface area contributed by atoms with Crippen molar-refractivity contribution in [1.29, 1.82) is 0 Å². The van der Waals surface area contributed by atoms with E-state index in [4.69, 9.17) is 9.47 Å². The summed E-state index contributed by atoms with van der Waals surface area (Å²) in [6.45, 7) is 1.67. The highest BCUT2D eigenvalue weighted by molar-refractivity contribution is 5.97. The summed E-state index contributed by atoms with van der Waals surface area (Å²) in [6.07, 6.45) is 3.76. The number of allylic oxidation sites excluding steroid dienone is 1. The van der Waals surface area contributed by atoms with E-state index in [1.165, 1.54) is 0 Å². The number of hydrazone groups is 1. The van der Waals surface area contributed by atoms with Crippen molar-refractivity contribution in [2.45, 2.75) is 6.92 Å². The molecule has 0 bridgehead atoms. The third kappa shape index (κ3) is 5.61. The molecule has 1 N–H and O–H groups in total. The number of para-hydroxylation sites is 2. The zero-order valence-electron chi connectivity index (χ0n) is 13.7. The highest BCUT2D eigenvalue weighted by Crippen LogP contribution is 2.25. The second-order valence-corrected chi connectivity index (χ2v) is 4.97. The van der Waals surface area contributed by atoms with E-state index in [1.54, 1.807) is 26.2 Å². The number of hydrogen-bond donors (Lipinski definition) is 1. The fourth-order valence-electron chi connectivity index (χ4n) is 1.88. The quantitative estimate of drug-likeness (QED) is 0.628. The lowest BCUT2D eigenvalue weighted by atomic mass is 10.2. The summed E-state index contributed by atoms with van der Waals surface area (Å²) in [7, 11) is 1.55. The molecule has 0 fully saturated rings. The molecule has 0 aliphatic carbocycles. The van der Waals surface area contributed by atoms with Crippen LogP contribution in [0.3, 0.4) is 0 Å². The Hall–Kier alpha value is -3.08. The van der Waals surface area contributed by atoms with Gasteiger partial charge in [-0.1, -0.05) is 48.5 Å². The number of rotatable bonds is 7. The number of carbonyl (C=O) groups is 1. The van der Waals surface area contributed by atoms with Crippen molar-refractivity contribution in [1.82, 2.24) is 5.43 Å². The van der Waals surface area contributed by atoms with Crippen LogP contribution in [-0.2, 0) is 4.79 Å². The number of nitrogens with one attached hydrogen (secondary N) is 1. The molecule has 0 aliphatic heterocycles. The minimum absolute atomic E-state index is 0.139. The molecular formula is C19H20N2O3. The molecule has 0 spiro atoms. The SMILES string of the molecule is COc1ccccc1OCC(=O)NN=C(C)C=Cc1ccccc1. The van der Waals surface area contributed by atoms with Crippen molar-refractivity contribution < 1.29 is 14.3 Å². The summed E-state index contributed by atoms with van der Waals surface area (Å²) in [5, 5.41) is 4.01. The second kappa shape index (κ2) is 9.15. The van der Waals surface area contributed by atoms with Gasteiger partial charge in [-0.15, -0.1) is 0 Å². The molecule has 5 heteroatoms. The van der Waals surface area contributed by atoms with E-state index in [1.807, 2.05) is 54.6 Å². The molecule has 0 atom stereocenters. The van der Waals surface area contributed by atoms with Gasteiger partial charge in [-0.05, 0) is 30.7 Å². The average molecular weight is 324 g/mol. The van der Waals surface area contributed by atoms with Gasteiger partial charge >= 0.3 is 0 Å². The Bertz CT molecular complexity index is 724. The molecule has 0 saturated heterocycles. The Morgan fingerprint density at radius 1 is 1.08 bits per heavy atom. The molecule has 1 amide bonds. The summed E-state index contributed by atoms with van der Waals surface area (Å²) in [5.41, 5.74) is 4.21. The van der Waals surface area contributed by atoms with Gasteiger partial charge in [-0.3, -0.25) is 4.79 Å². The van der Waals surface area contributed by atoms with Crippen molar-refractivity contribution in [3.8, 4) is 11.5 Å². The highest BCUT2D eigenvalue weighted by Gasteiger charge is 2.06. The zero-order valence-corrected chi connectivity index (χ0v) is 13.7. The highest BCUT2D eigenvalue weighted by atomic mass is 16.5. The number of nitrogens with zero attached hydrogens (tertiary/aromatic N) is 1. The molecule has 0 heterocycles. The molecule has 0 saturated carbocycles. The number of hydrogen-bond acceptors (Lipinski definition) is 4. The molecular weight excluding hydrogens is 304 g/mol. The van der Waals surface area contributed by atoms with Gasteiger partial charge in [0.05, 0.1) is 12.8 Å². The minimum Gasteiger partial charge on any atom is -0.493 e. The van der Waals surface area contributed by atoms with E-state index < -0.39 is 0 Å². The smallest absolute Gasteiger partial charge is 0.277 e. The standard InChI is InChI=1S/C19H20N2O3/c1-15(12-13-16-8-4-3-5-9-16)20-21-19(22)14-24-18-11-7-6-10-17(18)23-2/h3-13H,14H2,1-2H3,(H,21,22). The molecule has 2 rings (SSSR count). The monoisotopic (exact) mass is 324 g/mol. The van der Waals surface area contributed by atoms with E-state index in [0.29, 0.717) is 17.2 Å². The summed E-state index contributed by atoms with van der Waals surface area (Å²) < 4.78 is 10.6. The van der Waals surface area contributed by atoms with E-state index in [0.717, 1.165) is 5.56 Å². The van der Waals surface area contributed by atoms with E-state index in [-0.39, 0.29) is 12.5 Å². The van der Waals surface area contributed by atoms with E-state index >= 15 is 0 Å². The van der Waals surface area contributed by atoms with Gasteiger partial charge in [0.15, 0.2) is 18.1 Å². The summed E-state index contributed by atoms with van der Waals surface area (Å²) in [5.74, 6) is 0.754. The van der Waals surface area contributed by atoms with Crippen molar-refractivity contribution >= 4 is 17.7 Å². The summed E-state index contributed by atoms with van der Waals surface area (Å²) in [4.78, 5) is 11.8. The van der Waals surface area contributed by atoms with Gasteiger partial charge < -0.3 is 9.47 Å². The molecule has 5 nitrogen and oxygen atoms in total. The first kappa shape index (κ1) is 17.3. The predicted molar refractivity (Wildman–Crippen MR) is 95.2 cm³/mol. The van der Waals surface area contributed by atoms with E-state index in [2.05, 4.69) is 10.5 Å². The van der Waals surface area contributed by atoms with Gasteiger partial charge in [0.1, 0.15) is 0 Å². The van der Waals surface area contributed by atoms with Gasteiger partial charge in [0.25, 0.3) is 5.91 Å². The largest absolute Gasteiger partial charge is 0.493 e. The Balaban J connectivity index is 1.82. The maximum atomic E-state index is 11.8. The summed E-state index contributed by atoms with van der Waals surface area (Å²) in [6, 6.07) is 17.0. The van der Waals surface area contributed by atoms with E-state index in [9.17, 15) is 4.79 Å². The molecule has 24 heavy (non-hydrogen) atoms. The molecule has 0 aliphatic rings. The van der Waals surface area contributed by atoms with Gasteiger partial charge in [-0.2, -0.15) is 5.10 Å². The van der Waals surface area contributed by atoms with Crippen LogP contribution in [0.2, 0.25) is 0 Å². The fraction of sp³-hybridized carbons (Fsp3) is 0.158. The van der Waals surface area contributed by atoms with Crippen LogP contribution in [0.15, 0.2) is 65.8 Å². The summed E-state index contributed by atoms with van der Waals surface area (Å²) >= 11 is 0. The van der Waals surface area contributed by atoms with Crippen LogP contribution in [0.4, 0.5) is 0 Å². The predicted octanol–water partition coefficient (Wildman–Crippen LogP) is 3.28. The van der Waals surface area contributed by atoms with Crippen LogP contribution in [0.1, 0.15) is 12.5 Å². The van der Waals surface area contributed by atoms with Crippen LogP contribution in [0.25, 0.3) is 6.08 Å². The molecule has 2 aromatic rings. The number of benzene rings is 2. The first-order valence-electron chi connectivity index (χ1n) is 7.51. The lowest BCUT2D eigenvalue weighted by Gasteiger charge is -2.09. The third-order valence-electron chi connectivity index (χ3n) is 3.10. The lowest BCUT2D eigenvalue weighted by molar-refractivity contribution is -0.123. The van der Waals surface area contributed by atoms with Crippen molar-refractivity contribution in [3.63, 3.8) is 0 Å². The Morgan fingerprint density at radius 2 is 1.75 bits per heavy atom. The number of ether oxygens (including phenoxy) is 2. The maximum Gasteiger partial charge on any atom is 0.277 e. The maximum absolute atomic E-state index is 11.8. The lowest BCUT2D eigenvalue weighted by Crippen LogP contribution is -2.25. The second-order valence-electron chi connectivity index (χ2n) is 4.97. The van der Waals surface area contributed by atoms with Crippen molar-refractivity contribution in [2.75, 3.05) is 13.7 Å². The average Bonchev–Trinajstić information content (AvgIpc) is 2.64. The normalized spacial score (nSPS) is 11.3. The van der Waals surface area contributed by atoms with Crippen LogP contribution in [0, 0.1) is 0 Å². The van der Waals surface area contributed by atoms with Crippen LogP contribution < -0.4 is 14.9 Å². The molecule has 0 radical (unpaired) electrons. The number of methoxy groups -OCH3 is 1. The molecule has 0 aromatic heterocycles. The number of amides is 1.